The Hall–Kier alpha value is -3.38. The van der Waals surface area contributed by atoms with Crippen molar-refractivity contribution in [2.45, 2.75) is 19.5 Å². The fourth-order valence-electron chi connectivity index (χ4n) is 3.06. The second-order valence-electron chi connectivity index (χ2n) is 6.75. The zero-order valence-corrected chi connectivity index (χ0v) is 16.6. The van der Waals surface area contributed by atoms with Gasteiger partial charge in [0.1, 0.15) is 5.02 Å². The quantitative estimate of drug-likeness (QED) is 0.519. The molecule has 2 aromatic carbocycles. The van der Waals surface area contributed by atoms with Gasteiger partial charge in [0, 0.05) is 11.8 Å². The molecule has 0 aliphatic rings. The van der Waals surface area contributed by atoms with Crippen LogP contribution < -0.4 is 10.9 Å². The molecule has 0 aliphatic heterocycles. The van der Waals surface area contributed by atoms with Crippen LogP contribution in [0.1, 0.15) is 24.1 Å². The first-order valence-corrected chi connectivity index (χ1v) is 9.65. The minimum atomic E-state index is -0.366. The minimum Gasteiger partial charge on any atom is -0.376 e. The van der Waals surface area contributed by atoms with Crippen LogP contribution in [0.4, 0.5) is 5.69 Å². The molecule has 146 valence electrons. The Balaban J connectivity index is 1.51. The second-order valence-corrected chi connectivity index (χ2v) is 7.13. The van der Waals surface area contributed by atoms with Crippen LogP contribution in [0.25, 0.3) is 5.69 Å². The van der Waals surface area contributed by atoms with E-state index in [0.29, 0.717) is 17.9 Å². The molecule has 2 heterocycles. The molecule has 29 heavy (non-hydrogen) atoms. The largest absolute Gasteiger partial charge is 0.376 e. The van der Waals surface area contributed by atoms with E-state index in [1.807, 2.05) is 72.5 Å². The first kappa shape index (κ1) is 19.0. The Labute approximate surface area is 173 Å². The standard InChI is InChI=1S/C22H20ClN5O/c1-16(18-12-24-27(15-18)14-17-8-4-2-5-9-17)26-20-13-25-28(22(29)21(20)23)19-10-6-3-7-11-19/h2-13,15-16,26H,14H2,1H3. The lowest BCUT2D eigenvalue weighted by atomic mass is 10.2. The van der Waals surface area contributed by atoms with E-state index in [0.717, 1.165) is 5.56 Å². The zero-order chi connectivity index (χ0) is 20.2. The summed E-state index contributed by atoms with van der Waals surface area (Å²) in [6.07, 6.45) is 5.37. The number of nitrogens with zero attached hydrogens (tertiary/aromatic N) is 4. The zero-order valence-electron chi connectivity index (χ0n) is 15.9. The molecule has 1 unspecified atom stereocenters. The summed E-state index contributed by atoms with van der Waals surface area (Å²) in [6.45, 7) is 2.69. The van der Waals surface area contributed by atoms with E-state index in [1.54, 1.807) is 6.20 Å². The molecular formula is C22H20ClN5O. The van der Waals surface area contributed by atoms with Gasteiger partial charge in [-0.05, 0) is 24.6 Å². The first-order chi connectivity index (χ1) is 14.1. The van der Waals surface area contributed by atoms with Crippen LogP contribution in [0.15, 0.2) is 84.0 Å². The molecule has 0 aliphatic carbocycles. The number of hydrogen-bond acceptors (Lipinski definition) is 4. The molecule has 0 spiro atoms. The van der Waals surface area contributed by atoms with Gasteiger partial charge in [0.25, 0.3) is 5.56 Å². The maximum Gasteiger partial charge on any atom is 0.292 e. The van der Waals surface area contributed by atoms with Gasteiger partial charge in [-0.3, -0.25) is 9.48 Å². The number of para-hydroxylation sites is 1. The van der Waals surface area contributed by atoms with Crippen LogP contribution in [-0.2, 0) is 6.54 Å². The smallest absolute Gasteiger partial charge is 0.292 e. The SMILES string of the molecule is CC(Nc1cnn(-c2ccccc2)c(=O)c1Cl)c1cnn(Cc2ccccc2)c1. The van der Waals surface area contributed by atoms with Crippen molar-refractivity contribution in [3.8, 4) is 5.69 Å². The number of hydrogen-bond donors (Lipinski definition) is 1. The maximum atomic E-state index is 12.6. The molecule has 4 rings (SSSR count). The topological polar surface area (TPSA) is 64.7 Å². The van der Waals surface area contributed by atoms with Crippen molar-refractivity contribution in [2.24, 2.45) is 0 Å². The van der Waals surface area contributed by atoms with Gasteiger partial charge in [-0.1, -0.05) is 60.1 Å². The summed E-state index contributed by atoms with van der Waals surface area (Å²) in [5.41, 5.74) is 2.96. The van der Waals surface area contributed by atoms with E-state index < -0.39 is 0 Å². The van der Waals surface area contributed by atoms with Gasteiger partial charge < -0.3 is 5.32 Å². The number of rotatable bonds is 6. The van der Waals surface area contributed by atoms with Crippen molar-refractivity contribution in [1.29, 1.82) is 0 Å². The number of benzene rings is 2. The van der Waals surface area contributed by atoms with Crippen molar-refractivity contribution in [3.05, 3.63) is 106 Å². The van der Waals surface area contributed by atoms with Crippen LogP contribution in [-0.4, -0.2) is 19.6 Å². The van der Waals surface area contributed by atoms with Gasteiger partial charge in [-0.25, -0.2) is 0 Å². The summed E-state index contributed by atoms with van der Waals surface area (Å²) in [5.74, 6) is 0. The monoisotopic (exact) mass is 405 g/mol. The van der Waals surface area contributed by atoms with Crippen LogP contribution in [0.5, 0.6) is 0 Å². The van der Waals surface area contributed by atoms with E-state index in [9.17, 15) is 4.79 Å². The predicted molar refractivity (Wildman–Crippen MR) is 115 cm³/mol. The molecular weight excluding hydrogens is 386 g/mol. The Kier molecular flexibility index (Phi) is 5.44. The molecule has 4 aromatic rings. The molecule has 0 saturated carbocycles. The Morgan fingerprint density at radius 2 is 1.69 bits per heavy atom. The van der Waals surface area contributed by atoms with Gasteiger partial charge in [0.05, 0.1) is 36.4 Å². The lowest BCUT2D eigenvalue weighted by Crippen LogP contribution is -2.23. The van der Waals surface area contributed by atoms with E-state index in [1.165, 1.54) is 10.2 Å². The number of anilines is 1. The molecule has 0 saturated heterocycles. The second kappa shape index (κ2) is 8.32. The third-order valence-corrected chi connectivity index (χ3v) is 5.00. The summed E-state index contributed by atoms with van der Waals surface area (Å²) >= 11 is 6.34. The lowest BCUT2D eigenvalue weighted by Gasteiger charge is -2.15. The molecule has 7 heteroatoms. The maximum absolute atomic E-state index is 12.6. The summed E-state index contributed by atoms with van der Waals surface area (Å²) < 4.78 is 3.17. The highest BCUT2D eigenvalue weighted by atomic mass is 35.5. The minimum absolute atomic E-state index is 0.0919. The van der Waals surface area contributed by atoms with E-state index >= 15 is 0 Å². The highest BCUT2D eigenvalue weighted by molar-refractivity contribution is 6.32. The molecule has 6 nitrogen and oxygen atoms in total. The summed E-state index contributed by atoms with van der Waals surface area (Å²) in [4.78, 5) is 12.6. The highest BCUT2D eigenvalue weighted by Gasteiger charge is 2.14. The predicted octanol–water partition coefficient (Wildman–Crippen LogP) is 4.30. The van der Waals surface area contributed by atoms with Gasteiger partial charge in [-0.2, -0.15) is 14.9 Å². The molecule has 2 aromatic heterocycles. The normalized spacial score (nSPS) is 11.9. The third-order valence-electron chi connectivity index (χ3n) is 4.63. The van der Waals surface area contributed by atoms with Crippen LogP contribution in [0, 0.1) is 0 Å². The molecule has 1 N–H and O–H groups in total. The molecule has 0 bridgehead atoms. The Morgan fingerprint density at radius 3 is 2.41 bits per heavy atom. The van der Waals surface area contributed by atoms with Crippen molar-refractivity contribution >= 4 is 17.3 Å². The average molecular weight is 406 g/mol. The van der Waals surface area contributed by atoms with Crippen LogP contribution in [0.2, 0.25) is 5.02 Å². The fraction of sp³-hybridized carbons (Fsp3) is 0.136. The Morgan fingerprint density at radius 1 is 1.00 bits per heavy atom. The van der Waals surface area contributed by atoms with E-state index in [2.05, 4.69) is 27.6 Å². The molecule has 1 atom stereocenters. The summed E-state index contributed by atoms with van der Waals surface area (Å²) in [5, 5.41) is 12.0. The summed E-state index contributed by atoms with van der Waals surface area (Å²) in [6, 6.07) is 19.2. The van der Waals surface area contributed by atoms with Gasteiger partial charge in [0.15, 0.2) is 0 Å². The highest BCUT2D eigenvalue weighted by Crippen LogP contribution is 2.23. The number of nitrogens with one attached hydrogen (secondary N) is 1. The average Bonchev–Trinajstić information content (AvgIpc) is 3.21. The van der Waals surface area contributed by atoms with Crippen molar-refractivity contribution in [3.63, 3.8) is 0 Å². The van der Waals surface area contributed by atoms with Gasteiger partial charge >= 0.3 is 0 Å². The van der Waals surface area contributed by atoms with Gasteiger partial charge in [0.2, 0.25) is 0 Å². The van der Waals surface area contributed by atoms with E-state index in [-0.39, 0.29) is 16.6 Å². The molecule has 0 amide bonds. The van der Waals surface area contributed by atoms with Gasteiger partial charge in [-0.15, -0.1) is 0 Å². The van der Waals surface area contributed by atoms with Crippen LogP contribution in [0.3, 0.4) is 0 Å². The third kappa shape index (κ3) is 4.22. The van der Waals surface area contributed by atoms with Crippen molar-refractivity contribution in [1.82, 2.24) is 19.6 Å². The summed E-state index contributed by atoms with van der Waals surface area (Å²) in [7, 11) is 0. The van der Waals surface area contributed by atoms with Crippen molar-refractivity contribution < 1.29 is 0 Å². The molecule has 0 radical (unpaired) electrons. The van der Waals surface area contributed by atoms with Crippen molar-refractivity contribution in [2.75, 3.05) is 5.32 Å². The van der Waals surface area contributed by atoms with Crippen LogP contribution >= 0.6 is 11.6 Å². The number of halogens is 1. The van der Waals surface area contributed by atoms with E-state index in [4.69, 9.17) is 11.6 Å². The first-order valence-electron chi connectivity index (χ1n) is 9.28. The fourth-order valence-corrected chi connectivity index (χ4v) is 3.25. The number of aromatic nitrogens is 4. The molecule has 0 fully saturated rings. The Bertz CT molecular complexity index is 1150. The lowest BCUT2D eigenvalue weighted by molar-refractivity contribution is 0.685.